The van der Waals surface area contributed by atoms with Crippen molar-refractivity contribution in [3.8, 4) is 11.4 Å². The number of pyridine rings is 1. The number of aromatic nitrogens is 2. The number of benzene rings is 2. The first-order chi connectivity index (χ1) is 16.5. The van der Waals surface area contributed by atoms with E-state index in [9.17, 15) is 0 Å². The van der Waals surface area contributed by atoms with Crippen LogP contribution in [0.5, 0.6) is 5.75 Å². The van der Waals surface area contributed by atoms with E-state index in [0.717, 1.165) is 17.1 Å². The Morgan fingerprint density at radius 3 is 2.47 bits per heavy atom. The highest BCUT2D eigenvalue weighted by Gasteiger charge is 2.42. The molecule has 0 bridgehead atoms. The van der Waals surface area contributed by atoms with E-state index in [4.69, 9.17) is 17.0 Å². The first-order valence-corrected chi connectivity index (χ1v) is 11.8. The predicted octanol–water partition coefficient (Wildman–Crippen LogP) is 5.98. The van der Waals surface area contributed by atoms with Crippen molar-refractivity contribution in [2.45, 2.75) is 32.9 Å². The molecule has 0 aliphatic carbocycles. The fourth-order valence-corrected chi connectivity index (χ4v) is 5.33. The molecule has 2 aromatic carbocycles. The maximum Gasteiger partial charge on any atom is 0.174 e. The van der Waals surface area contributed by atoms with E-state index in [0.29, 0.717) is 5.11 Å². The third kappa shape index (κ3) is 3.74. The minimum Gasteiger partial charge on any atom is -0.497 e. The third-order valence-electron chi connectivity index (χ3n) is 6.57. The molecular formula is C28H28N4OS. The summed E-state index contributed by atoms with van der Waals surface area (Å²) in [6.07, 6.45) is 1.84. The smallest absolute Gasteiger partial charge is 0.174 e. The van der Waals surface area contributed by atoms with Crippen LogP contribution in [0.25, 0.3) is 5.69 Å². The lowest BCUT2D eigenvalue weighted by molar-refractivity contribution is 0.415. The lowest BCUT2D eigenvalue weighted by Crippen LogP contribution is -2.29. The van der Waals surface area contributed by atoms with Gasteiger partial charge in [-0.1, -0.05) is 30.3 Å². The maximum atomic E-state index is 5.89. The summed E-state index contributed by atoms with van der Waals surface area (Å²) in [5.74, 6) is 0.797. The van der Waals surface area contributed by atoms with Crippen LogP contribution in [-0.4, -0.2) is 21.8 Å². The summed E-state index contributed by atoms with van der Waals surface area (Å²) in [7, 11) is 1.68. The summed E-state index contributed by atoms with van der Waals surface area (Å²) in [4.78, 5) is 6.88. The van der Waals surface area contributed by atoms with Crippen LogP contribution in [0.2, 0.25) is 0 Å². The van der Waals surface area contributed by atoms with Crippen molar-refractivity contribution < 1.29 is 4.74 Å². The molecule has 4 aromatic rings. The molecule has 6 heteroatoms. The number of nitrogens with one attached hydrogen (secondary N) is 1. The van der Waals surface area contributed by atoms with Crippen LogP contribution in [0.15, 0.2) is 79.0 Å². The highest BCUT2D eigenvalue weighted by Crippen LogP contribution is 2.44. The number of ether oxygens (including phenoxy) is 1. The first kappa shape index (κ1) is 22.2. The van der Waals surface area contributed by atoms with Crippen LogP contribution >= 0.6 is 12.2 Å². The molecule has 3 heterocycles. The van der Waals surface area contributed by atoms with Crippen molar-refractivity contribution in [2.75, 3.05) is 12.0 Å². The number of rotatable bonds is 5. The van der Waals surface area contributed by atoms with Crippen LogP contribution in [-0.2, 0) is 0 Å². The molecule has 0 radical (unpaired) electrons. The van der Waals surface area contributed by atoms with E-state index in [1.165, 1.54) is 28.2 Å². The van der Waals surface area contributed by atoms with Gasteiger partial charge in [0.05, 0.1) is 24.9 Å². The van der Waals surface area contributed by atoms with Gasteiger partial charge in [-0.2, -0.15) is 0 Å². The average molecular weight is 469 g/mol. The molecule has 1 aliphatic rings. The number of anilines is 1. The Hall–Kier alpha value is -3.64. The Bertz CT molecular complexity index is 1350. The minimum atomic E-state index is -0.0919. The number of para-hydroxylation sites is 1. The van der Waals surface area contributed by atoms with Gasteiger partial charge in [-0.3, -0.25) is 4.98 Å². The summed E-state index contributed by atoms with van der Waals surface area (Å²) in [5, 5.41) is 4.23. The van der Waals surface area contributed by atoms with Gasteiger partial charge in [0, 0.05) is 35.0 Å². The molecule has 2 unspecified atom stereocenters. The molecule has 34 heavy (non-hydrogen) atoms. The SMILES string of the molecule is COc1cccc(N2C(=S)NC(c3ccccn3)C2c2cc(C)n(-c3ccccc3C)c2C)c1. The van der Waals surface area contributed by atoms with Crippen molar-refractivity contribution in [1.29, 1.82) is 0 Å². The third-order valence-corrected chi connectivity index (χ3v) is 6.89. The van der Waals surface area contributed by atoms with E-state index in [-0.39, 0.29) is 12.1 Å². The second-order valence-corrected chi connectivity index (χ2v) is 9.03. The fourth-order valence-electron chi connectivity index (χ4n) is 4.98. The summed E-state index contributed by atoms with van der Waals surface area (Å²) < 4.78 is 7.85. The van der Waals surface area contributed by atoms with Crippen LogP contribution in [0.1, 0.15) is 40.3 Å². The molecule has 1 N–H and O–H groups in total. The van der Waals surface area contributed by atoms with Crippen molar-refractivity contribution in [2.24, 2.45) is 0 Å². The number of nitrogens with zero attached hydrogens (tertiary/aromatic N) is 3. The highest BCUT2D eigenvalue weighted by molar-refractivity contribution is 7.80. The molecule has 0 spiro atoms. The van der Waals surface area contributed by atoms with Gasteiger partial charge in [-0.15, -0.1) is 0 Å². The molecule has 172 valence electrons. The normalized spacial score (nSPS) is 17.6. The lowest BCUT2D eigenvalue weighted by Gasteiger charge is -2.28. The molecule has 5 nitrogen and oxygen atoms in total. The van der Waals surface area contributed by atoms with Gasteiger partial charge in [-0.25, -0.2) is 0 Å². The van der Waals surface area contributed by atoms with Gasteiger partial charge in [0.1, 0.15) is 5.75 Å². The second-order valence-electron chi connectivity index (χ2n) is 8.65. The quantitative estimate of drug-likeness (QED) is 0.365. The Morgan fingerprint density at radius 2 is 1.74 bits per heavy atom. The number of hydrogen-bond acceptors (Lipinski definition) is 3. The molecule has 0 amide bonds. The summed E-state index contributed by atoms with van der Waals surface area (Å²) >= 11 is 5.89. The largest absolute Gasteiger partial charge is 0.497 e. The molecular weight excluding hydrogens is 440 g/mol. The van der Waals surface area contributed by atoms with Crippen molar-refractivity contribution in [1.82, 2.24) is 14.9 Å². The van der Waals surface area contributed by atoms with Crippen LogP contribution in [0, 0.1) is 20.8 Å². The number of hydrogen-bond donors (Lipinski definition) is 1. The maximum absolute atomic E-state index is 5.89. The fraction of sp³-hybridized carbons (Fsp3) is 0.214. The standard InChI is InChI=1S/C28H28N4OS/c1-18-10-5-6-14-25(18)31-19(2)16-23(20(31)3)27-26(24-13-7-8-15-29-24)30-28(34)32(27)21-11-9-12-22(17-21)33-4/h5-17,26-27H,1-4H3,(H,30,34). The minimum absolute atomic E-state index is 0.0709. The van der Waals surface area contributed by atoms with Gasteiger partial charge in [-0.05, 0) is 80.5 Å². The summed E-state index contributed by atoms with van der Waals surface area (Å²) in [6, 6.07) is 24.7. The van der Waals surface area contributed by atoms with E-state index < -0.39 is 0 Å². The Morgan fingerprint density at radius 1 is 0.941 bits per heavy atom. The van der Waals surface area contributed by atoms with Crippen LogP contribution in [0.3, 0.4) is 0 Å². The Balaban J connectivity index is 1.70. The number of thiocarbonyl (C=S) groups is 1. The zero-order valence-electron chi connectivity index (χ0n) is 19.8. The number of aryl methyl sites for hydroxylation is 2. The summed E-state index contributed by atoms with van der Waals surface area (Å²) in [5.41, 5.74) is 7.97. The zero-order chi connectivity index (χ0) is 23.8. The van der Waals surface area contributed by atoms with E-state index in [2.05, 4.69) is 83.0 Å². The Labute approximate surface area is 206 Å². The summed E-state index contributed by atoms with van der Waals surface area (Å²) in [6.45, 7) is 6.50. The average Bonchev–Trinajstić information content (AvgIpc) is 3.35. The molecule has 5 rings (SSSR count). The highest BCUT2D eigenvalue weighted by atomic mass is 32.1. The van der Waals surface area contributed by atoms with Gasteiger partial charge < -0.3 is 19.5 Å². The second kappa shape index (κ2) is 8.95. The monoisotopic (exact) mass is 468 g/mol. The first-order valence-electron chi connectivity index (χ1n) is 11.4. The Kier molecular flexibility index (Phi) is 5.84. The van der Waals surface area contributed by atoms with E-state index in [1.54, 1.807) is 7.11 Å². The van der Waals surface area contributed by atoms with Gasteiger partial charge in [0.25, 0.3) is 0 Å². The van der Waals surface area contributed by atoms with Gasteiger partial charge in [0.15, 0.2) is 5.11 Å². The zero-order valence-corrected chi connectivity index (χ0v) is 20.6. The van der Waals surface area contributed by atoms with Crippen molar-refractivity contribution in [3.05, 3.63) is 107 Å². The van der Waals surface area contributed by atoms with Crippen molar-refractivity contribution in [3.63, 3.8) is 0 Å². The molecule has 1 saturated heterocycles. The molecule has 1 fully saturated rings. The number of methoxy groups -OCH3 is 1. The molecule has 2 aromatic heterocycles. The van der Waals surface area contributed by atoms with Gasteiger partial charge in [0.2, 0.25) is 0 Å². The van der Waals surface area contributed by atoms with Crippen LogP contribution in [0.4, 0.5) is 5.69 Å². The van der Waals surface area contributed by atoms with Crippen molar-refractivity contribution >= 4 is 23.0 Å². The topological polar surface area (TPSA) is 42.3 Å². The molecule has 2 atom stereocenters. The van der Waals surface area contributed by atoms with E-state index >= 15 is 0 Å². The van der Waals surface area contributed by atoms with Gasteiger partial charge >= 0.3 is 0 Å². The van der Waals surface area contributed by atoms with Crippen LogP contribution < -0.4 is 15.0 Å². The molecule has 0 saturated carbocycles. The molecule has 1 aliphatic heterocycles. The van der Waals surface area contributed by atoms with E-state index in [1.807, 2.05) is 36.5 Å². The predicted molar refractivity (Wildman–Crippen MR) is 141 cm³/mol. The lowest BCUT2D eigenvalue weighted by atomic mass is 9.96.